The predicted octanol–water partition coefficient (Wildman–Crippen LogP) is 2.08. The van der Waals surface area contributed by atoms with Gasteiger partial charge >= 0.3 is 0 Å². The lowest BCUT2D eigenvalue weighted by atomic mass is 9.93. The molecule has 2 aromatic heterocycles. The highest BCUT2D eigenvalue weighted by atomic mass is 16.2. The number of rotatable bonds is 3. The molecule has 2 amide bonds. The summed E-state index contributed by atoms with van der Waals surface area (Å²) in [6, 6.07) is 3.11. The number of amides is 2. The van der Waals surface area contributed by atoms with Crippen LogP contribution in [0.3, 0.4) is 0 Å². The van der Waals surface area contributed by atoms with E-state index in [-0.39, 0.29) is 11.8 Å². The summed E-state index contributed by atoms with van der Waals surface area (Å²) >= 11 is 0. The van der Waals surface area contributed by atoms with E-state index in [0.29, 0.717) is 11.1 Å². The lowest BCUT2D eigenvalue weighted by molar-refractivity contribution is -0.134. The van der Waals surface area contributed by atoms with E-state index in [0.717, 1.165) is 36.8 Å². The van der Waals surface area contributed by atoms with Crippen molar-refractivity contribution in [2.75, 3.05) is 13.1 Å². The molecule has 3 heterocycles. The van der Waals surface area contributed by atoms with Crippen molar-refractivity contribution in [2.45, 2.75) is 38.6 Å². The first kappa shape index (κ1) is 15.2. The minimum atomic E-state index is -0.518. The van der Waals surface area contributed by atoms with Gasteiger partial charge in [-0.3, -0.25) is 14.6 Å². The van der Waals surface area contributed by atoms with Crippen LogP contribution in [0.5, 0.6) is 0 Å². The summed E-state index contributed by atoms with van der Waals surface area (Å²) in [5, 5.41) is 3.74. The van der Waals surface area contributed by atoms with Crippen molar-refractivity contribution in [2.24, 2.45) is 5.41 Å². The van der Waals surface area contributed by atoms with Gasteiger partial charge in [-0.2, -0.15) is 0 Å². The van der Waals surface area contributed by atoms with Crippen LogP contribution in [0.25, 0.3) is 10.9 Å². The monoisotopic (exact) mass is 326 g/mol. The Morgan fingerprint density at radius 3 is 2.71 bits per heavy atom. The van der Waals surface area contributed by atoms with Crippen molar-refractivity contribution in [1.29, 1.82) is 0 Å². The van der Waals surface area contributed by atoms with Gasteiger partial charge in [0.05, 0.1) is 11.7 Å². The first-order chi connectivity index (χ1) is 11.6. The first-order valence-electron chi connectivity index (χ1n) is 8.59. The van der Waals surface area contributed by atoms with Crippen molar-refractivity contribution in [3.05, 3.63) is 30.2 Å². The second kappa shape index (κ2) is 5.61. The lowest BCUT2D eigenvalue weighted by Crippen LogP contribution is -2.49. The molecular formula is C18H22N4O2. The molecule has 1 saturated carbocycles. The molecule has 1 saturated heterocycles. The standard InChI is InChI=1S/C18H22N4O2/c1-12(17(24)22-8-5-18(3-4-18)6-9-22)20-16(23)14-10-13-2-7-19-11-15(13)21-14/h2,7,10-12,21H,3-6,8-9H2,1H3,(H,20,23)/t12-/m0/s1. The highest BCUT2D eigenvalue weighted by Crippen LogP contribution is 2.53. The Balaban J connectivity index is 1.38. The number of hydrogen-bond acceptors (Lipinski definition) is 3. The second-order valence-electron chi connectivity index (χ2n) is 7.17. The summed E-state index contributed by atoms with van der Waals surface area (Å²) in [4.78, 5) is 33.9. The largest absolute Gasteiger partial charge is 0.349 e. The van der Waals surface area contributed by atoms with Crippen LogP contribution in [0.2, 0.25) is 0 Å². The minimum Gasteiger partial charge on any atom is -0.349 e. The zero-order valence-electron chi connectivity index (χ0n) is 13.8. The normalized spacial score (nSPS) is 20.1. The second-order valence-corrected chi connectivity index (χ2v) is 7.17. The molecule has 2 N–H and O–H groups in total. The lowest BCUT2D eigenvalue weighted by Gasteiger charge is -2.33. The number of pyridine rings is 1. The van der Waals surface area contributed by atoms with Crippen LogP contribution in [0, 0.1) is 5.41 Å². The number of nitrogens with zero attached hydrogens (tertiary/aromatic N) is 2. The van der Waals surface area contributed by atoms with Crippen LogP contribution in [0.4, 0.5) is 0 Å². The van der Waals surface area contributed by atoms with E-state index in [9.17, 15) is 9.59 Å². The molecule has 2 fully saturated rings. The molecule has 1 aliphatic carbocycles. The van der Waals surface area contributed by atoms with Gasteiger partial charge in [0.25, 0.3) is 5.91 Å². The summed E-state index contributed by atoms with van der Waals surface area (Å²) in [6.07, 6.45) is 8.21. The summed E-state index contributed by atoms with van der Waals surface area (Å²) in [5.41, 5.74) is 1.81. The Kier molecular flexibility index (Phi) is 3.55. The van der Waals surface area contributed by atoms with E-state index in [1.807, 2.05) is 11.0 Å². The van der Waals surface area contributed by atoms with Gasteiger partial charge in [-0.25, -0.2) is 0 Å². The summed E-state index contributed by atoms with van der Waals surface area (Å²) in [7, 11) is 0. The van der Waals surface area contributed by atoms with E-state index in [1.54, 1.807) is 25.4 Å². The van der Waals surface area contributed by atoms with Crippen LogP contribution >= 0.6 is 0 Å². The molecule has 4 rings (SSSR count). The molecule has 0 radical (unpaired) electrons. The van der Waals surface area contributed by atoms with Gasteiger partial charge in [-0.15, -0.1) is 0 Å². The number of carbonyl (C=O) groups is 2. The summed E-state index contributed by atoms with van der Waals surface area (Å²) in [6.45, 7) is 3.39. The Hall–Kier alpha value is -2.37. The molecule has 0 unspecified atom stereocenters. The van der Waals surface area contributed by atoms with Gasteiger partial charge in [0.15, 0.2) is 0 Å². The molecular weight excluding hydrogens is 304 g/mol. The third-order valence-electron chi connectivity index (χ3n) is 5.48. The van der Waals surface area contributed by atoms with Gasteiger partial charge in [0, 0.05) is 24.7 Å². The number of nitrogens with one attached hydrogen (secondary N) is 2. The Bertz CT molecular complexity index is 750. The number of fused-ring (bicyclic) bond motifs is 1. The van der Waals surface area contributed by atoms with Crippen molar-refractivity contribution in [3.8, 4) is 0 Å². The zero-order valence-corrected chi connectivity index (χ0v) is 13.8. The summed E-state index contributed by atoms with van der Waals surface area (Å²) < 4.78 is 0. The van der Waals surface area contributed by atoms with E-state index < -0.39 is 6.04 Å². The van der Waals surface area contributed by atoms with Gasteiger partial charge in [-0.1, -0.05) is 0 Å². The number of H-pyrrole nitrogens is 1. The van der Waals surface area contributed by atoms with Crippen molar-refractivity contribution < 1.29 is 9.59 Å². The topological polar surface area (TPSA) is 78.1 Å². The molecule has 0 bridgehead atoms. The zero-order chi connectivity index (χ0) is 16.7. The number of hydrogen-bond donors (Lipinski definition) is 2. The quantitative estimate of drug-likeness (QED) is 0.906. The van der Waals surface area contributed by atoms with E-state index in [4.69, 9.17) is 0 Å². The number of carbonyl (C=O) groups excluding carboxylic acids is 2. The van der Waals surface area contributed by atoms with E-state index in [1.165, 1.54) is 12.8 Å². The summed E-state index contributed by atoms with van der Waals surface area (Å²) in [5.74, 6) is -0.251. The average molecular weight is 326 g/mol. The average Bonchev–Trinajstić information content (AvgIpc) is 3.20. The van der Waals surface area contributed by atoms with Gasteiger partial charge in [0.2, 0.25) is 5.91 Å². The molecule has 1 spiro atoms. The first-order valence-corrected chi connectivity index (χ1v) is 8.59. The van der Waals surface area contributed by atoms with Crippen LogP contribution in [0.15, 0.2) is 24.5 Å². The fourth-order valence-electron chi connectivity index (χ4n) is 3.58. The van der Waals surface area contributed by atoms with Gasteiger partial charge in [0.1, 0.15) is 11.7 Å². The fraction of sp³-hybridized carbons (Fsp3) is 0.500. The molecule has 6 nitrogen and oxygen atoms in total. The molecule has 6 heteroatoms. The van der Waals surface area contributed by atoms with Crippen LogP contribution in [0.1, 0.15) is 43.1 Å². The highest BCUT2D eigenvalue weighted by molar-refractivity contribution is 5.99. The third kappa shape index (κ3) is 2.77. The SMILES string of the molecule is C[C@H](NC(=O)c1cc2ccncc2[nH]1)C(=O)N1CCC2(CC1)CC2. The third-order valence-corrected chi connectivity index (χ3v) is 5.48. The van der Waals surface area contributed by atoms with Crippen LogP contribution in [-0.4, -0.2) is 45.8 Å². The molecule has 126 valence electrons. The van der Waals surface area contributed by atoms with Gasteiger partial charge < -0.3 is 15.2 Å². The van der Waals surface area contributed by atoms with Crippen molar-refractivity contribution >= 4 is 22.7 Å². The Morgan fingerprint density at radius 2 is 2.04 bits per heavy atom. The maximum atomic E-state index is 12.6. The van der Waals surface area contributed by atoms with Crippen LogP contribution in [-0.2, 0) is 4.79 Å². The number of piperidine rings is 1. The molecule has 2 aromatic rings. The van der Waals surface area contributed by atoms with Crippen LogP contribution < -0.4 is 5.32 Å². The van der Waals surface area contributed by atoms with E-state index >= 15 is 0 Å². The molecule has 2 aliphatic rings. The molecule has 24 heavy (non-hydrogen) atoms. The molecule has 1 atom stereocenters. The van der Waals surface area contributed by atoms with E-state index in [2.05, 4.69) is 15.3 Å². The molecule has 0 aromatic carbocycles. The molecule has 1 aliphatic heterocycles. The van der Waals surface area contributed by atoms with Gasteiger partial charge in [-0.05, 0) is 50.2 Å². The van der Waals surface area contributed by atoms with Crippen molar-refractivity contribution in [1.82, 2.24) is 20.2 Å². The highest BCUT2D eigenvalue weighted by Gasteiger charge is 2.45. The maximum absolute atomic E-state index is 12.6. The predicted molar refractivity (Wildman–Crippen MR) is 90.5 cm³/mol. The Labute approximate surface area is 140 Å². The number of aromatic amines is 1. The number of likely N-dealkylation sites (tertiary alicyclic amines) is 1. The smallest absolute Gasteiger partial charge is 0.268 e. The van der Waals surface area contributed by atoms with Crippen molar-refractivity contribution in [3.63, 3.8) is 0 Å². The maximum Gasteiger partial charge on any atom is 0.268 e. The minimum absolute atomic E-state index is 0.0108. The number of aromatic nitrogens is 2. The fourth-order valence-corrected chi connectivity index (χ4v) is 3.58. The Morgan fingerprint density at radius 1 is 1.29 bits per heavy atom.